The van der Waals surface area contributed by atoms with Crippen LogP contribution < -0.4 is 0 Å². The second kappa shape index (κ2) is 7.21. The number of thiazole rings is 1. The molecule has 23 heavy (non-hydrogen) atoms. The summed E-state index contributed by atoms with van der Waals surface area (Å²) in [6, 6.07) is 4.06. The van der Waals surface area contributed by atoms with Crippen LogP contribution in [0.3, 0.4) is 0 Å². The zero-order valence-corrected chi connectivity index (χ0v) is 14.6. The molecule has 2 aromatic rings. The molecule has 4 nitrogen and oxygen atoms in total. The molecule has 0 radical (unpaired) electrons. The molecule has 0 spiro atoms. The summed E-state index contributed by atoms with van der Waals surface area (Å²) >= 11 is 1.56. The summed E-state index contributed by atoms with van der Waals surface area (Å²) in [7, 11) is 0. The predicted octanol–water partition coefficient (Wildman–Crippen LogP) is 3.50. The van der Waals surface area contributed by atoms with Crippen LogP contribution >= 0.6 is 11.3 Å². The van der Waals surface area contributed by atoms with Gasteiger partial charge >= 0.3 is 0 Å². The number of hydrogen-bond acceptors (Lipinski definition) is 4. The minimum absolute atomic E-state index is 0.169. The fraction of sp³-hybridized carbons (Fsp3) is 0.500. The smallest absolute Gasteiger partial charge is 0.265 e. The molecule has 1 aliphatic heterocycles. The van der Waals surface area contributed by atoms with E-state index in [4.69, 9.17) is 0 Å². The maximum absolute atomic E-state index is 12.7. The predicted molar refractivity (Wildman–Crippen MR) is 92.8 cm³/mol. The van der Waals surface area contributed by atoms with E-state index in [1.165, 1.54) is 5.56 Å². The van der Waals surface area contributed by atoms with Crippen LogP contribution in [0.2, 0.25) is 0 Å². The molecule has 0 aliphatic carbocycles. The standard InChI is InChI=1S/C18H23N3OS/c1-13-7-11-21(12-8-13)18(22)17-14(2)20-16(23-17)4-3-15-5-9-19-10-6-15/h5-6,9-10,13H,3-4,7-8,11-12H2,1-2H3. The Kier molecular flexibility index (Phi) is 5.06. The lowest BCUT2D eigenvalue weighted by Gasteiger charge is -2.30. The third-order valence-corrected chi connectivity index (χ3v) is 5.69. The molecule has 2 aromatic heterocycles. The van der Waals surface area contributed by atoms with Crippen molar-refractivity contribution in [3.05, 3.63) is 45.7 Å². The topological polar surface area (TPSA) is 46.1 Å². The molecule has 3 rings (SSSR count). The summed E-state index contributed by atoms with van der Waals surface area (Å²) < 4.78 is 0. The van der Waals surface area contributed by atoms with Crippen molar-refractivity contribution in [3.63, 3.8) is 0 Å². The van der Waals surface area contributed by atoms with Gasteiger partial charge in [-0.25, -0.2) is 4.98 Å². The summed E-state index contributed by atoms with van der Waals surface area (Å²) in [5.74, 6) is 0.902. The number of pyridine rings is 1. The summed E-state index contributed by atoms with van der Waals surface area (Å²) in [5.41, 5.74) is 2.13. The van der Waals surface area contributed by atoms with E-state index in [9.17, 15) is 4.79 Å². The molecule has 0 saturated carbocycles. The molecule has 1 saturated heterocycles. The highest BCUT2D eigenvalue weighted by Crippen LogP contribution is 2.24. The van der Waals surface area contributed by atoms with Gasteiger partial charge in [-0.3, -0.25) is 9.78 Å². The zero-order valence-electron chi connectivity index (χ0n) is 13.8. The van der Waals surface area contributed by atoms with Gasteiger partial charge < -0.3 is 4.90 Å². The number of aromatic nitrogens is 2. The van der Waals surface area contributed by atoms with E-state index in [0.717, 1.165) is 60.3 Å². The largest absolute Gasteiger partial charge is 0.338 e. The lowest BCUT2D eigenvalue weighted by molar-refractivity contribution is 0.0701. The van der Waals surface area contributed by atoms with Crippen molar-refractivity contribution >= 4 is 17.2 Å². The van der Waals surface area contributed by atoms with E-state index in [2.05, 4.69) is 16.9 Å². The molecule has 122 valence electrons. The van der Waals surface area contributed by atoms with Crippen LogP contribution in [0.5, 0.6) is 0 Å². The Morgan fingerprint density at radius 2 is 1.96 bits per heavy atom. The SMILES string of the molecule is Cc1nc(CCc2ccncc2)sc1C(=O)N1CCC(C)CC1. The van der Waals surface area contributed by atoms with E-state index < -0.39 is 0 Å². The number of carbonyl (C=O) groups excluding carboxylic acids is 1. The lowest BCUT2D eigenvalue weighted by atomic mass is 9.99. The van der Waals surface area contributed by atoms with Gasteiger partial charge in [0.2, 0.25) is 0 Å². The highest BCUT2D eigenvalue weighted by atomic mass is 32.1. The Morgan fingerprint density at radius 1 is 1.26 bits per heavy atom. The lowest BCUT2D eigenvalue weighted by Crippen LogP contribution is -2.37. The van der Waals surface area contributed by atoms with Gasteiger partial charge in [-0.1, -0.05) is 6.92 Å². The van der Waals surface area contributed by atoms with Crippen LogP contribution in [0.1, 0.15) is 45.7 Å². The Balaban J connectivity index is 1.64. The maximum atomic E-state index is 12.7. The normalized spacial score (nSPS) is 15.8. The first-order chi connectivity index (χ1) is 11.1. The number of nitrogens with zero attached hydrogens (tertiary/aromatic N) is 3. The van der Waals surface area contributed by atoms with Crippen LogP contribution in [-0.2, 0) is 12.8 Å². The Morgan fingerprint density at radius 3 is 2.65 bits per heavy atom. The molecule has 5 heteroatoms. The third kappa shape index (κ3) is 3.96. The van der Waals surface area contributed by atoms with Gasteiger partial charge in [-0.15, -0.1) is 11.3 Å². The summed E-state index contributed by atoms with van der Waals surface area (Å²) in [6.45, 7) is 5.97. The Hall–Kier alpha value is -1.75. The average molecular weight is 329 g/mol. The van der Waals surface area contributed by atoms with Gasteiger partial charge in [0.15, 0.2) is 0 Å². The average Bonchev–Trinajstić information content (AvgIpc) is 2.95. The number of piperidine rings is 1. The van der Waals surface area contributed by atoms with Crippen LogP contribution in [0, 0.1) is 12.8 Å². The molecule has 0 unspecified atom stereocenters. The molecule has 0 atom stereocenters. The highest BCUT2D eigenvalue weighted by molar-refractivity contribution is 7.13. The number of carbonyl (C=O) groups is 1. The van der Waals surface area contributed by atoms with Crippen LogP contribution in [0.4, 0.5) is 0 Å². The quantitative estimate of drug-likeness (QED) is 0.862. The second-order valence-corrected chi connectivity index (χ2v) is 7.44. The van der Waals surface area contributed by atoms with Gasteiger partial charge in [0.1, 0.15) is 4.88 Å². The van der Waals surface area contributed by atoms with E-state index in [-0.39, 0.29) is 5.91 Å². The summed E-state index contributed by atoms with van der Waals surface area (Å²) in [4.78, 5) is 24.2. The van der Waals surface area contributed by atoms with E-state index in [1.807, 2.05) is 36.4 Å². The van der Waals surface area contributed by atoms with Crippen LogP contribution in [-0.4, -0.2) is 33.9 Å². The van der Waals surface area contributed by atoms with Crippen molar-refractivity contribution in [1.29, 1.82) is 0 Å². The molecule has 1 fully saturated rings. The van der Waals surface area contributed by atoms with Crippen molar-refractivity contribution in [3.8, 4) is 0 Å². The second-order valence-electron chi connectivity index (χ2n) is 6.35. The minimum Gasteiger partial charge on any atom is -0.338 e. The molecule has 3 heterocycles. The third-order valence-electron chi connectivity index (χ3n) is 4.48. The van der Waals surface area contributed by atoms with Gasteiger partial charge in [-0.2, -0.15) is 0 Å². The van der Waals surface area contributed by atoms with E-state index in [0.29, 0.717) is 0 Å². The first-order valence-electron chi connectivity index (χ1n) is 8.28. The van der Waals surface area contributed by atoms with Crippen molar-refractivity contribution in [2.45, 2.75) is 39.5 Å². The Labute approximate surface area is 141 Å². The first kappa shape index (κ1) is 16.1. The minimum atomic E-state index is 0.169. The summed E-state index contributed by atoms with van der Waals surface area (Å²) in [6.07, 6.45) is 7.66. The molecular weight excluding hydrogens is 306 g/mol. The van der Waals surface area contributed by atoms with E-state index >= 15 is 0 Å². The Bertz CT molecular complexity index is 660. The van der Waals surface area contributed by atoms with E-state index in [1.54, 1.807) is 11.3 Å². The van der Waals surface area contributed by atoms with Gasteiger partial charge in [0.05, 0.1) is 10.7 Å². The fourth-order valence-corrected chi connectivity index (χ4v) is 3.95. The van der Waals surface area contributed by atoms with Crippen molar-refractivity contribution in [2.75, 3.05) is 13.1 Å². The number of amides is 1. The number of likely N-dealkylation sites (tertiary alicyclic amines) is 1. The molecule has 0 bridgehead atoms. The molecule has 1 aliphatic rings. The fourth-order valence-electron chi connectivity index (χ4n) is 2.91. The monoisotopic (exact) mass is 329 g/mol. The van der Waals surface area contributed by atoms with Crippen LogP contribution in [0.25, 0.3) is 0 Å². The van der Waals surface area contributed by atoms with Gasteiger partial charge in [0.25, 0.3) is 5.91 Å². The zero-order chi connectivity index (χ0) is 16.2. The number of aryl methyl sites for hydroxylation is 3. The summed E-state index contributed by atoms with van der Waals surface area (Å²) in [5, 5.41) is 1.05. The van der Waals surface area contributed by atoms with Crippen LogP contribution in [0.15, 0.2) is 24.5 Å². The molecule has 1 amide bonds. The van der Waals surface area contributed by atoms with Crippen molar-refractivity contribution in [2.24, 2.45) is 5.92 Å². The highest BCUT2D eigenvalue weighted by Gasteiger charge is 2.24. The maximum Gasteiger partial charge on any atom is 0.265 e. The number of hydrogen-bond donors (Lipinski definition) is 0. The van der Waals surface area contributed by atoms with Gasteiger partial charge in [-0.05, 0) is 49.8 Å². The first-order valence-corrected chi connectivity index (χ1v) is 9.09. The molecule has 0 N–H and O–H groups in total. The number of rotatable bonds is 4. The molecular formula is C18H23N3OS. The molecule has 0 aromatic carbocycles. The van der Waals surface area contributed by atoms with Crippen molar-refractivity contribution < 1.29 is 4.79 Å². The van der Waals surface area contributed by atoms with Gasteiger partial charge in [0, 0.05) is 31.9 Å². The van der Waals surface area contributed by atoms with Crippen molar-refractivity contribution in [1.82, 2.24) is 14.9 Å².